The molecule has 0 aromatic heterocycles. The van der Waals surface area contributed by atoms with Crippen LogP contribution < -0.4 is 0 Å². The molecule has 142 valence electrons. The number of ether oxygens (including phenoxy) is 3. The van der Waals surface area contributed by atoms with Crippen molar-refractivity contribution in [1.82, 2.24) is 0 Å². The van der Waals surface area contributed by atoms with Crippen molar-refractivity contribution < 1.29 is 29.0 Å². The van der Waals surface area contributed by atoms with Gasteiger partial charge in [0, 0.05) is 19.3 Å². The summed E-state index contributed by atoms with van der Waals surface area (Å²) in [6.45, 7) is 7.26. The summed E-state index contributed by atoms with van der Waals surface area (Å²) in [6.07, 6.45) is 1.81. The quantitative estimate of drug-likeness (QED) is 0.150. The Morgan fingerprint density at radius 2 is 1.50 bits per heavy atom. The van der Waals surface area contributed by atoms with Gasteiger partial charge in [-0.3, -0.25) is 9.59 Å². The lowest BCUT2D eigenvalue weighted by molar-refractivity contribution is -0.165. The van der Waals surface area contributed by atoms with Gasteiger partial charge in [0.15, 0.2) is 6.10 Å². The number of nitrogens with zero attached hydrogens (tertiary/aromatic N) is 1. The van der Waals surface area contributed by atoms with Crippen LogP contribution in [-0.4, -0.2) is 52.8 Å². The maximum absolute atomic E-state index is 11.7. The van der Waals surface area contributed by atoms with Crippen LogP contribution in [0, 0.1) is 0 Å². The minimum absolute atomic E-state index is 0. The van der Waals surface area contributed by atoms with E-state index in [1.165, 1.54) is 0 Å². The average molecular weight is 364 g/mol. The van der Waals surface area contributed by atoms with Gasteiger partial charge in [0.1, 0.15) is 12.7 Å². The van der Waals surface area contributed by atoms with Crippen molar-refractivity contribution in [3.63, 3.8) is 0 Å². The number of carbonyl (C=O) groups excluding carboxylic acids is 2. The van der Waals surface area contributed by atoms with Crippen molar-refractivity contribution in [2.45, 2.75) is 78.4 Å². The number of rotatable bonds is 11. The van der Waals surface area contributed by atoms with Gasteiger partial charge in [-0.15, -0.1) is 0 Å². The Morgan fingerprint density at radius 1 is 0.958 bits per heavy atom. The summed E-state index contributed by atoms with van der Waals surface area (Å²) in [6, 6.07) is 0. The van der Waals surface area contributed by atoms with E-state index in [0.29, 0.717) is 25.7 Å². The Labute approximate surface area is 148 Å². The molecule has 0 aliphatic rings. The smallest absolute Gasteiger partial charge is 0.306 e. The lowest BCUT2D eigenvalue weighted by Gasteiger charge is -2.25. The monoisotopic (exact) mass is 363 g/mol. The Morgan fingerprint density at radius 3 is 2.00 bits per heavy atom. The Kier molecular flexibility index (Phi) is 15.4. The zero-order valence-corrected chi connectivity index (χ0v) is 14.5. The fourth-order valence-electron chi connectivity index (χ4n) is 1.79. The lowest BCUT2D eigenvalue weighted by Crippen LogP contribution is -2.37. The Balaban J connectivity index is 0. The summed E-state index contributed by atoms with van der Waals surface area (Å²) < 4.78 is 16.0. The molecule has 0 aliphatic heterocycles. The highest BCUT2D eigenvalue weighted by atomic mass is 28.1. The summed E-state index contributed by atoms with van der Waals surface area (Å²) in [5.41, 5.74) is 0. The molecule has 2 atom stereocenters. The van der Waals surface area contributed by atoms with Gasteiger partial charge in [-0.2, -0.15) is 0 Å². The average Bonchev–Trinajstić information content (AvgIpc) is 2.51. The molecule has 7 nitrogen and oxygen atoms in total. The highest BCUT2D eigenvalue weighted by Gasteiger charge is 2.26. The molecule has 0 heterocycles. The van der Waals surface area contributed by atoms with Crippen LogP contribution in [0.2, 0.25) is 0 Å². The van der Waals surface area contributed by atoms with Crippen LogP contribution in [0.4, 0.5) is 0 Å². The molecule has 2 unspecified atom stereocenters. The van der Waals surface area contributed by atoms with Gasteiger partial charge >= 0.3 is 11.9 Å². The first kappa shape index (κ1) is 24.7. The molecule has 0 aromatic rings. The summed E-state index contributed by atoms with van der Waals surface area (Å²) >= 11 is 0. The molecule has 0 fully saturated rings. The minimum Gasteiger partial charge on any atom is -0.472 e. The largest absolute Gasteiger partial charge is 0.472 e. The topological polar surface area (TPSA) is 94.4 Å². The normalized spacial score (nSPS) is 13.4. The first-order chi connectivity index (χ1) is 11.0. The van der Waals surface area contributed by atoms with Gasteiger partial charge in [-0.25, -0.2) is 0 Å². The van der Waals surface area contributed by atoms with E-state index in [2.05, 4.69) is 5.16 Å². The number of oxime groups is 1. The SMILES string of the molecule is CCCC(=O)OCC(OC(=O)CCC)C(C)OC(CCC)=NO.[SiH4]. The summed E-state index contributed by atoms with van der Waals surface area (Å²) in [4.78, 5) is 23.2. The standard InChI is InChI=1S/C16H29NO6.H4Si/c1-5-8-14(17-20)22-12(4)13(23-16(19)10-7-3)11-21-15(18)9-6-2;/h12-13,20H,5-11H2,1-4H3;1H4. The van der Waals surface area contributed by atoms with Crippen molar-refractivity contribution in [2.24, 2.45) is 5.16 Å². The molecule has 0 rings (SSSR count). The fraction of sp³-hybridized carbons (Fsp3) is 0.812. The molecule has 0 amide bonds. The van der Waals surface area contributed by atoms with E-state index >= 15 is 0 Å². The van der Waals surface area contributed by atoms with Crippen LogP contribution in [0.3, 0.4) is 0 Å². The van der Waals surface area contributed by atoms with Crippen molar-refractivity contribution in [1.29, 1.82) is 0 Å². The zero-order valence-electron chi connectivity index (χ0n) is 14.5. The minimum atomic E-state index is -0.747. The van der Waals surface area contributed by atoms with Crippen molar-refractivity contribution >= 4 is 28.8 Å². The molecule has 0 aromatic carbocycles. The molecule has 8 heteroatoms. The highest BCUT2D eigenvalue weighted by Crippen LogP contribution is 2.10. The van der Waals surface area contributed by atoms with Crippen LogP contribution in [0.1, 0.15) is 66.2 Å². The van der Waals surface area contributed by atoms with E-state index in [4.69, 9.17) is 19.4 Å². The van der Waals surface area contributed by atoms with E-state index in [1.807, 2.05) is 20.8 Å². The van der Waals surface area contributed by atoms with Crippen LogP contribution in [0.25, 0.3) is 0 Å². The first-order valence-corrected chi connectivity index (χ1v) is 8.21. The van der Waals surface area contributed by atoms with E-state index in [1.54, 1.807) is 6.92 Å². The van der Waals surface area contributed by atoms with Crippen LogP contribution in [0.5, 0.6) is 0 Å². The molecule has 0 bridgehead atoms. The third kappa shape index (κ3) is 11.0. The summed E-state index contributed by atoms with van der Waals surface area (Å²) in [7, 11) is 0. The summed E-state index contributed by atoms with van der Waals surface area (Å²) in [5, 5.41) is 12.0. The van der Waals surface area contributed by atoms with Crippen molar-refractivity contribution in [3.05, 3.63) is 0 Å². The summed E-state index contributed by atoms with van der Waals surface area (Å²) in [5.74, 6) is -0.560. The highest BCUT2D eigenvalue weighted by molar-refractivity contribution is 5.76. The molecule has 0 radical (unpaired) electrons. The Bertz CT molecular complexity index is 389. The van der Waals surface area contributed by atoms with Gasteiger partial charge in [0.25, 0.3) is 0 Å². The van der Waals surface area contributed by atoms with Gasteiger partial charge < -0.3 is 19.4 Å². The number of carbonyl (C=O) groups is 2. The maximum atomic E-state index is 11.7. The van der Waals surface area contributed by atoms with E-state index < -0.39 is 12.2 Å². The van der Waals surface area contributed by atoms with Gasteiger partial charge in [0.05, 0.1) is 0 Å². The molecule has 0 saturated heterocycles. The molecule has 24 heavy (non-hydrogen) atoms. The third-order valence-corrected chi connectivity index (χ3v) is 3.02. The van der Waals surface area contributed by atoms with Gasteiger partial charge in [-0.05, 0) is 37.2 Å². The molecular formula is C16H33NO6Si. The molecular weight excluding hydrogens is 330 g/mol. The van der Waals surface area contributed by atoms with Crippen LogP contribution in [0.15, 0.2) is 5.16 Å². The number of hydrogen-bond donors (Lipinski definition) is 1. The zero-order chi connectivity index (χ0) is 17.7. The second-order valence-electron chi connectivity index (χ2n) is 5.28. The number of esters is 2. The predicted octanol–water partition coefficient (Wildman–Crippen LogP) is 1.58. The second kappa shape index (κ2) is 15.0. The predicted molar refractivity (Wildman–Crippen MR) is 96.7 cm³/mol. The third-order valence-electron chi connectivity index (χ3n) is 3.02. The lowest BCUT2D eigenvalue weighted by atomic mass is 10.2. The van der Waals surface area contributed by atoms with Gasteiger partial charge in [-0.1, -0.05) is 25.9 Å². The van der Waals surface area contributed by atoms with Crippen LogP contribution in [-0.2, 0) is 23.8 Å². The van der Waals surface area contributed by atoms with Gasteiger partial charge in [0.2, 0.25) is 5.90 Å². The second-order valence-corrected chi connectivity index (χ2v) is 5.28. The first-order valence-electron chi connectivity index (χ1n) is 8.21. The van der Waals surface area contributed by atoms with E-state index in [-0.39, 0.29) is 41.8 Å². The molecule has 0 spiro atoms. The van der Waals surface area contributed by atoms with E-state index in [9.17, 15) is 9.59 Å². The number of hydrogen-bond acceptors (Lipinski definition) is 7. The van der Waals surface area contributed by atoms with E-state index in [0.717, 1.165) is 6.42 Å². The Hall–Kier alpha value is -1.57. The van der Waals surface area contributed by atoms with Crippen LogP contribution >= 0.6 is 0 Å². The molecule has 0 saturated carbocycles. The van der Waals surface area contributed by atoms with Crippen molar-refractivity contribution in [3.8, 4) is 0 Å². The maximum Gasteiger partial charge on any atom is 0.306 e. The molecule has 1 N–H and O–H groups in total. The fourth-order valence-corrected chi connectivity index (χ4v) is 1.79. The van der Waals surface area contributed by atoms with Crippen molar-refractivity contribution in [2.75, 3.05) is 6.61 Å². The molecule has 0 aliphatic carbocycles.